The van der Waals surface area contributed by atoms with Crippen molar-refractivity contribution in [1.29, 1.82) is 0 Å². The van der Waals surface area contributed by atoms with Crippen LogP contribution in [0.2, 0.25) is 0 Å². The maximum atomic E-state index is 10.4. The number of halogens is 2. The Hall–Kier alpha value is -2.13. The number of carbonyl (C=O) groups excluding carboxylic acids is 1. The molecule has 0 saturated carbocycles. The van der Waals surface area contributed by atoms with Gasteiger partial charge in [0.05, 0.1) is 53.4 Å². The van der Waals surface area contributed by atoms with E-state index in [2.05, 4.69) is 208 Å². The quantitative estimate of drug-likeness (QED) is 0.0938. The third-order valence-electron chi connectivity index (χ3n) is 23.2. The van der Waals surface area contributed by atoms with Gasteiger partial charge in [0.1, 0.15) is 22.1 Å². The summed E-state index contributed by atoms with van der Waals surface area (Å²) in [5.41, 5.74) is 23.6. The number of fused-ring (bicyclic) bond motifs is 20. The summed E-state index contributed by atoms with van der Waals surface area (Å²) in [5, 5.41) is 15.2. The average molecular weight is 1680 g/mol. The van der Waals surface area contributed by atoms with Crippen LogP contribution in [-0.2, 0) is 54.7 Å². The summed E-state index contributed by atoms with van der Waals surface area (Å²) >= 11 is 17.5. The fraction of sp³-hybridized carbons (Fsp3) is 0.388. The maximum Gasteiger partial charge on any atom is 1.00 e. The van der Waals surface area contributed by atoms with Gasteiger partial charge in [-0.25, -0.2) is 4.79 Å². The molecule has 0 amide bonds. The molecule has 12 nitrogen and oxygen atoms in total. The first-order valence-electron chi connectivity index (χ1n) is 34.3. The first-order chi connectivity index (χ1) is 47.6. The van der Waals surface area contributed by atoms with Gasteiger partial charge in [-0.05, 0) is 232 Å². The Bertz CT molecular complexity index is 5290. The van der Waals surface area contributed by atoms with Crippen LogP contribution in [0.15, 0.2) is 105 Å². The normalized spacial score (nSPS) is 19.4. The van der Waals surface area contributed by atoms with Gasteiger partial charge < -0.3 is 34.9 Å². The van der Waals surface area contributed by atoms with Crippen molar-refractivity contribution in [3.05, 3.63) is 160 Å². The van der Waals surface area contributed by atoms with Crippen LogP contribution < -0.4 is 119 Å². The van der Waals surface area contributed by atoms with Crippen LogP contribution in [-0.4, -0.2) is 72.8 Å². The molecule has 3 aliphatic heterocycles. The summed E-state index contributed by atoms with van der Waals surface area (Å²) in [6.45, 7) is 40.4. The summed E-state index contributed by atoms with van der Waals surface area (Å²) in [6, 6.07) is 36.9. The molecule has 3 saturated heterocycles. The fourth-order valence-electron chi connectivity index (χ4n) is 16.4. The molecular weight excluding hydrogens is 1600 g/mol. The van der Waals surface area contributed by atoms with Crippen molar-refractivity contribution in [2.45, 2.75) is 195 Å². The van der Waals surface area contributed by atoms with Gasteiger partial charge in [0.25, 0.3) is 0 Å². The zero-order valence-electron chi connectivity index (χ0n) is 62.9. The molecule has 7 aliphatic rings. The van der Waals surface area contributed by atoms with Crippen molar-refractivity contribution in [2.24, 2.45) is 0 Å². The van der Waals surface area contributed by atoms with Crippen LogP contribution in [0.4, 0.5) is 0 Å². The van der Waals surface area contributed by atoms with Crippen LogP contribution in [0, 0.1) is 13.8 Å². The Labute approximate surface area is 738 Å². The molecule has 24 heteroatoms. The number of nitrogens with zero attached hydrogens (tertiary/aromatic N) is 4. The van der Waals surface area contributed by atoms with Gasteiger partial charge in [-0.3, -0.25) is 0 Å². The number of ether oxygens (including phenoxy) is 1. The molecule has 6 aromatic heterocycles. The van der Waals surface area contributed by atoms with Crippen molar-refractivity contribution in [3.63, 3.8) is 0 Å². The summed E-state index contributed by atoms with van der Waals surface area (Å²) in [6.07, 6.45) is 0.850. The van der Waals surface area contributed by atoms with E-state index in [9.17, 15) is 10.1 Å². The molecule has 9 heterocycles. The van der Waals surface area contributed by atoms with Gasteiger partial charge in [0.2, 0.25) is 0 Å². The molecule has 3 fully saturated rings. The Morgan fingerprint density at radius 3 is 1.23 bits per heavy atom. The van der Waals surface area contributed by atoms with E-state index in [0.29, 0.717) is 13.0 Å². The summed E-state index contributed by atoms with van der Waals surface area (Å²) in [4.78, 5) is 22.0. The minimum absolute atomic E-state index is 0. The van der Waals surface area contributed by atoms with Crippen LogP contribution in [0.1, 0.15) is 187 Å². The average Bonchev–Trinajstić information content (AvgIpc) is 1.52. The minimum atomic E-state index is -0.799. The van der Waals surface area contributed by atoms with Crippen LogP contribution in [0.3, 0.4) is 0 Å². The second-order valence-corrected chi connectivity index (χ2v) is 40.1. The van der Waals surface area contributed by atoms with Crippen LogP contribution in [0.25, 0.3) is 95.8 Å². The number of benzene rings is 6. The molecule has 528 valence electrons. The van der Waals surface area contributed by atoms with Crippen molar-refractivity contribution in [3.8, 4) is 52.2 Å². The number of rotatable bonds is 4. The maximum absolute atomic E-state index is 10.4. The number of aryl methyl sites for hydroxylation is 2. The Morgan fingerprint density at radius 2 is 0.837 bits per heavy atom. The number of aromatic nitrogens is 4. The van der Waals surface area contributed by atoms with E-state index >= 15 is 0 Å². The van der Waals surface area contributed by atoms with Gasteiger partial charge in [0.15, 0.2) is 6.10 Å². The monoisotopic (exact) mass is 1680 g/mol. The van der Waals surface area contributed by atoms with E-state index in [1.54, 1.807) is 0 Å². The first-order valence-corrected chi connectivity index (χ1v) is 40.6. The zero-order valence-corrected chi connectivity index (χ0v) is 76.2. The third kappa shape index (κ3) is 12.6. The molecule has 104 heavy (non-hydrogen) atoms. The second kappa shape index (κ2) is 28.2. The van der Waals surface area contributed by atoms with Gasteiger partial charge >= 0.3 is 123 Å². The van der Waals surface area contributed by atoms with Gasteiger partial charge in [-0.1, -0.05) is 136 Å². The number of thiophene rings is 4. The Balaban J connectivity index is 0.000000139. The van der Waals surface area contributed by atoms with E-state index in [1.807, 2.05) is 113 Å². The molecule has 6 aromatic carbocycles. The van der Waals surface area contributed by atoms with Gasteiger partial charge in [0, 0.05) is 74.0 Å². The topological polar surface area (TPSA) is 147 Å². The smallest absolute Gasteiger partial charge is 1.00 e. The SMILES string of the molecule is C.CC1(C)OB(c2ccc(B3OC(C)(C)C(C)(C)O3)c3nsnc23)OC1(C)C.CC1(C)c2cc(Br)sc2-c2ccc3c4c(ccc3c21)-c1sc(Br)cc1C4(C)C.Cc1cc2c(s1)-c1ccc3c4c(ccc3c1C2(C)C)-c1sc(-c2ccc(C)c3nsnc23)cc1C4(C)C.O=C(O[O-])C1CCCO1.[H-].[K+].[K+]. The van der Waals surface area contributed by atoms with E-state index in [1.165, 1.54) is 160 Å². The predicted octanol–water partition coefficient (Wildman–Crippen LogP) is 15.0. The Kier molecular flexibility index (Phi) is 21.7. The molecule has 1 unspecified atom stereocenters. The molecule has 1 atom stereocenters. The standard InChI is InChI=1S/C32H26N2S3.C24H18Br2S2.C18H26B2N2O4S.C5H8O4.CH4.2K.H/c1-15-7-8-19(28-27(15)33-37-34-28)24-14-23-30(36-24)21-12-10-17-18(26(21)32(23,5)6)9-11-20-25(17)31(3,4)22-13-16(2)35-29(20)22;1-23(2)15-9-17(25)27-21(15)13-7-6-12-11(19(13)23)5-8-14-20(12)24(3,4)16-10-18(26)28-22(14)16;1-15(2)16(3,4)24-19(23-15)11-9-10-12(14-13(11)21-27-22-14)20-25-17(5,6)18(7,8)26-20;6-5(9-7)4-2-1-3-8-4;;;;/h7-14H,1-6H3;5-10H,1-4H3;9-10H,1-8H3;4,7H,1-3H2;1H4;;;/q;;;;;2*+1;-1/p-1. The summed E-state index contributed by atoms with van der Waals surface area (Å²) in [7, 11) is -0.956. The largest absolute Gasteiger partial charge is 1.00 e. The van der Waals surface area contributed by atoms with Crippen molar-refractivity contribution in [2.75, 3.05) is 6.61 Å². The second-order valence-electron chi connectivity index (χ2n) is 31.9. The van der Waals surface area contributed by atoms with Crippen LogP contribution in [0.5, 0.6) is 0 Å². The van der Waals surface area contributed by atoms with Gasteiger partial charge in [-0.15, -0.1) is 45.3 Å². The van der Waals surface area contributed by atoms with Crippen molar-refractivity contribution >= 4 is 175 Å². The van der Waals surface area contributed by atoms with E-state index in [-0.39, 0.29) is 133 Å². The zero-order chi connectivity index (χ0) is 71.5. The molecule has 0 radical (unpaired) electrons. The summed E-state index contributed by atoms with van der Waals surface area (Å²) in [5.74, 6) is -0.799. The minimum Gasteiger partial charge on any atom is -1.00 e. The molecule has 0 spiro atoms. The van der Waals surface area contributed by atoms with Gasteiger partial charge in [-0.2, -0.15) is 17.5 Å². The molecule has 4 aliphatic carbocycles. The molecule has 0 bridgehead atoms. The third-order valence-corrected chi connectivity index (χ3v) is 29.9. The van der Waals surface area contributed by atoms with E-state index in [4.69, 9.17) is 23.4 Å². The fourth-order valence-corrected chi connectivity index (χ4v) is 23.8. The molecule has 19 rings (SSSR count). The van der Waals surface area contributed by atoms with Crippen LogP contribution >= 0.6 is 101 Å². The molecule has 12 aromatic rings. The van der Waals surface area contributed by atoms with E-state index < -0.39 is 48.7 Å². The number of carbonyl (C=O) groups is 1. The van der Waals surface area contributed by atoms with Crippen molar-refractivity contribution < 1.29 is 142 Å². The Morgan fingerprint density at radius 1 is 0.481 bits per heavy atom. The van der Waals surface area contributed by atoms with E-state index in [0.717, 1.165) is 39.4 Å². The molecule has 0 N–H and O–H groups in total. The van der Waals surface area contributed by atoms with Crippen molar-refractivity contribution in [1.82, 2.24) is 17.5 Å². The number of hydrogen-bond donors (Lipinski definition) is 0. The predicted molar refractivity (Wildman–Crippen MR) is 433 cm³/mol. The summed E-state index contributed by atoms with van der Waals surface area (Å²) < 4.78 is 50.4. The first kappa shape index (κ1) is 79.9. The molecular formula is C80H82B2Br2K2N4O8S6. The number of hydrogen-bond acceptors (Lipinski definition) is 18.